The zero-order chi connectivity index (χ0) is 16.1. The molecule has 0 aromatic heterocycles. The predicted molar refractivity (Wildman–Crippen MR) is 105 cm³/mol. The molecule has 124 valence electrons. The molecule has 0 amide bonds. The predicted octanol–water partition coefficient (Wildman–Crippen LogP) is 3.56. The molecule has 0 aliphatic rings. The highest BCUT2D eigenvalue weighted by Crippen LogP contribution is 2.26. The minimum atomic E-state index is 0. The topological polar surface area (TPSA) is 79.9 Å². The summed E-state index contributed by atoms with van der Waals surface area (Å²) in [6, 6.07) is 11.3. The number of nitrogens with two attached hydrogens (primary N) is 1. The summed E-state index contributed by atoms with van der Waals surface area (Å²) < 4.78 is 5.00. The second kappa shape index (κ2) is 8.61. The van der Waals surface area contributed by atoms with Crippen molar-refractivity contribution >= 4 is 35.6 Å². The average molecular weight is 427 g/mol. The van der Waals surface area contributed by atoms with Crippen molar-refractivity contribution in [3.8, 4) is 11.5 Å². The first kappa shape index (κ1) is 19.1. The quantitative estimate of drug-likeness (QED) is 0.396. The molecule has 5 nitrogen and oxygen atoms in total. The molecule has 0 atom stereocenters. The van der Waals surface area contributed by atoms with Gasteiger partial charge in [0.15, 0.2) is 17.5 Å². The molecular weight excluding hydrogens is 405 g/mol. The summed E-state index contributed by atoms with van der Waals surface area (Å²) in [4.78, 5) is 4.28. The third-order valence-electron chi connectivity index (χ3n) is 3.17. The van der Waals surface area contributed by atoms with Crippen molar-refractivity contribution in [2.45, 2.75) is 20.4 Å². The van der Waals surface area contributed by atoms with Gasteiger partial charge < -0.3 is 20.9 Å². The Labute approximate surface area is 153 Å². The van der Waals surface area contributed by atoms with E-state index in [2.05, 4.69) is 16.4 Å². The lowest BCUT2D eigenvalue weighted by molar-refractivity contribution is 0.373. The van der Waals surface area contributed by atoms with E-state index in [-0.39, 0.29) is 29.7 Å². The molecule has 2 aromatic carbocycles. The number of aryl methyl sites for hydroxylation is 2. The van der Waals surface area contributed by atoms with Gasteiger partial charge in [-0.15, -0.1) is 24.0 Å². The molecule has 0 spiro atoms. The van der Waals surface area contributed by atoms with E-state index >= 15 is 0 Å². The number of nitrogens with one attached hydrogen (secondary N) is 1. The van der Waals surface area contributed by atoms with Crippen LogP contribution < -0.4 is 15.8 Å². The molecule has 0 saturated carbocycles. The van der Waals surface area contributed by atoms with Gasteiger partial charge in [0, 0.05) is 5.69 Å². The minimum absolute atomic E-state index is 0. The number of aromatic hydroxyl groups is 1. The molecule has 2 aromatic rings. The van der Waals surface area contributed by atoms with Crippen LogP contribution in [0.5, 0.6) is 11.5 Å². The number of nitrogens with zero attached hydrogens (tertiary/aromatic N) is 1. The van der Waals surface area contributed by atoms with E-state index in [0.717, 1.165) is 22.4 Å². The zero-order valence-electron chi connectivity index (χ0n) is 13.5. The maximum Gasteiger partial charge on any atom is 0.193 e. The van der Waals surface area contributed by atoms with Crippen molar-refractivity contribution < 1.29 is 9.84 Å². The van der Waals surface area contributed by atoms with Crippen LogP contribution in [0.25, 0.3) is 0 Å². The molecule has 6 heteroatoms. The average Bonchev–Trinajstić information content (AvgIpc) is 2.44. The molecule has 0 saturated heterocycles. The van der Waals surface area contributed by atoms with E-state index in [4.69, 9.17) is 10.5 Å². The first-order chi connectivity index (χ1) is 10.5. The third kappa shape index (κ3) is 5.63. The van der Waals surface area contributed by atoms with Crippen molar-refractivity contribution in [2.24, 2.45) is 10.7 Å². The fourth-order valence-corrected chi connectivity index (χ4v) is 2.24. The Bertz CT molecular complexity index is 682. The first-order valence-electron chi connectivity index (χ1n) is 6.99. The van der Waals surface area contributed by atoms with Crippen molar-refractivity contribution in [3.05, 3.63) is 53.1 Å². The Morgan fingerprint density at radius 3 is 2.39 bits per heavy atom. The molecule has 0 aliphatic heterocycles. The number of hydrogen-bond acceptors (Lipinski definition) is 3. The number of ether oxygens (including phenoxy) is 1. The number of anilines is 1. The monoisotopic (exact) mass is 427 g/mol. The zero-order valence-corrected chi connectivity index (χ0v) is 15.8. The Morgan fingerprint density at radius 2 is 1.83 bits per heavy atom. The standard InChI is InChI=1S/C17H21N3O2.HI/c1-11-6-12(2)8-14(7-11)20-17(18)19-10-13-4-5-16(22-3)15(21)9-13;/h4-9,21H,10H2,1-3H3,(H3,18,19,20);1H. The largest absolute Gasteiger partial charge is 0.504 e. The van der Waals surface area contributed by atoms with Crippen molar-refractivity contribution in [1.29, 1.82) is 0 Å². The van der Waals surface area contributed by atoms with Crippen molar-refractivity contribution in [1.82, 2.24) is 0 Å². The van der Waals surface area contributed by atoms with E-state index in [1.165, 1.54) is 7.11 Å². The van der Waals surface area contributed by atoms with Gasteiger partial charge in [-0.25, -0.2) is 4.99 Å². The SMILES string of the molecule is COc1ccc(CN=C(N)Nc2cc(C)cc(C)c2)cc1O.I. The molecule has 0 aliphatic carbocycles. The van der Waals surface area contributed by atoms with E-state index in [0.29, 0.717) is 18.3 Å². The summed E-state index contributed by atoms with van der Waals surface area (Å²) >= 11 is 0. The van der Waals surface area contributed by atoms with E-state index < -0.39 is 0 Å². The second-order valence-electron chi connectivity index (χ2n) is 5.21. The molecule has 2 rings (SSSR count). The molecule has 4 N–H and O–H groups in total. The molecule has 0 radical (unpaired) electrons. The van der Waals surface area contributed by atoms with Crippen LogP contribution in [0.3, 0.4) is 0 Å². The first-order valence-corrected chi connectivity index (χ1v) is 6.99. The number of benzene rings is 2. The van der Waals surface area contributed by atoms with Crippen molar-refractivity contribution in [2.75, 3.05) is 12.4 Å². The van der Waals surface area contributed by atoms with Crippen LogP contribution in [0.15, 0.2) is 41.4 Å². The fourth-order valence-electron chi connectivity index (χ4n) is 2.24. The van der Waals surface area contributed by atoms with Crippen LogP contribution in [0, 0.1) is 13.8 Å². The van der Waals surface area contributed by atoms with E-state index in [9.17, 15) is 5.11 Å². The lowest BCUT2D eigenvalue weighted by atomic mass is 10.1. The minimum Gasteiger partial charge on any atom is -0.504 e. The Morgan fingerprint density at radius 1 is 1.17 bits per heavy atom. The van der Waals surface area contributed by atoms with Gasteiger partial charge in [0.1, 0.15) is 0 Å². The maximum atomic E-state index is 9.73. The number of phenolic OH excluding ortho intramolecular Hbond substituents is 1. The normalized spacial score (nSPS) is 10.8. The molecule has 0 fully saturated rings. The Hall–Kier alpha value is -1.96. The van der Waals surface area contributed by atoms with Gasteiger partial charge in [0.25, 0.3) is 0 Å². The fraction of sp³-hybridized carbons (Fsp3) is 0.235. The van der Waals surface area contributed by atoms with Gasteiger partial charge in [0.05, 0.1) is 13.7 Å². The lowest BCUT2D eigenvalue weighted by Crippen LogP contribution is -2.22. The number of phenols is 1. The van der Waals surface area contributed by atoms with Crippen LogP contribution in [-0.4, -0.2) is 18.2 Å². The summed E-state index contributed by atoms with van der Waals surface area (Å²) in [5.41, 5.74) is 9.99. The van der Waals surface area contributed by atoms with Crippen LogP contribution in [-0.2, 0) is 6.54 Å². The Kier molecular flexibility index (Phi) is 7.15. The summed E-state index contributed by atoms with van der Waals surface area (Å²) in [6.07, 6.45) is 0. The highest BCUT2D eigenvalue weighted by Gasteiger charge is 2.02. The highest BCUT2D eigenvalue weighted by molar-refractivity contribution is 14.0. The van der Waals surface area contributed by atoms with Gasteiger partial charge in [-0.05, 0) is 54.8 Å². The number of guanidine groups is 1. The Balaban J connectivity index is 0.00000264. The molecule has 0 bridgehead atoms. The van der Waals surface area contributed by atoms with E-state index in [1.807, 2.05) is 32.0 Å². The smallest absolute Gasteiger partial charge is 0.193 e. The summed E-state index contributed by atoms with van der Waals surface area (Å²) in [5, 5.41) is 12.8. The number of rotatable bonds is 4. The van der Waals surface area contributed by atoms with Gasteiger partial charge in [0.2, 0.25) is 0 Å². The van der Waals surface area contributed by atoms with Gasteiger partial charge in [-0.2, -0.15) is 0 Å². The lowest BCUT2D eigenvalue weighted by Gasteiger charge is -2.08. The van der Waals surface area contributed by atoms with Gasteiger partial charge in [-0.3, -0.25) is 0 Å². The summed E-state index contributed by atoms with van der Waals surface area (Å²) in [6.45, 7) is 4.44. The number of methoxy groups -OCH3 is 1. The molecular formula is C17H22IN3O2. The number of aliphatic imine (C=N–C) groups is 1. The summed E-state index contributed by atoms with van der Waals surface area (Å²) in [7, 11) is 1.51. The van der Waals surface area contributed by atoms with E-state index in [1.54, 1.807) is 12.1 Å². The van der Waals surface area contributed by atoms with Crippen LogP contribution in [0.2, 0.25) is 0 Å². The summed E-state index contributed by atoms with van der Waals surface area (Å²) in [5.74, 6) is 0.866. The highest BCUT2D eigenvalue weighted by atomic mass is 127. The van der Waals surface area contributed by atoms with Crippen LogP contribution in [0.4, 0.5) is 5.69 Å². The van der Waals surface area contributed by atoms with Gasteiger partial charge >= 0.3 is 0 Å². The number of halogens is 1. The van der Waals surface area contributed by atoms with Crippen molar-refractivity contribution in [3.63, 3.8) is 0 Å². The second-order valence-corrected chi connectivity index (χ2v) is 5.21. The third-order valence-corrected chi connectivity index (χ3v) is 3.17. The van der Waals surface area contributed by atoms with Crippen LogP contribution >= 0.6 is 24.0 Å². The molecule has 0 heterocycles. The van der Waals surface area contributed by atoms with Crippen LogP contribution in [0.1, 0.15) is 16.7 Å². The maximum absolute atomic E-state index is 9.73. The van der Waals surface area contributed by atoms with Gasteiger partial charge in [-0.1, -0.05) is 12.1 Å². The molecule has 23 heavy (non-hydrogen) atoms. The molecule has 0 unspecified atom stereocenters. The number of hydrogen-bond donors (Lipinski definition) is 3.